The summed E-state index contributed by atoms with van der Waals surface area (Å²) in [5.41, 5.74) is 0. The first-order valence-corrected chi connectivity index (χ1v) is 5.91. The van der Waals surface area contributed by atoms with Gasteiger partial charge in [0.25, 0.3) is 0 Å². The van der Waals surface area contributed by atoms with Gasteiger partial charge in [0.05, 0.1) is 11.3 Å². The van der Waals surface area contributed by atoms with Crippen LogP contribution in [0.5, 0.6) is 5.75 Å². The number of esters is 1. The summed E-state index contributed by atoms with van der Waals surface area (Å²) in [7, 11) is 0. The van der Waals surface area contributed by atoms with Gasteiger partial charge in [0.2, 0.25) is 0 Å². The van der Waals surface area contributed by atoms with Crippen LogP contribution in [0.1, 0.15) is 16.6 Å². The van der Waals surface area contributed by atoms with Gasteiger partial charge in [-0.15, -0.1) is 11.3 Å². The number of thiophene rings is 1. The summed E-state index contributed by atoms with van der Waals surface area (Å²) in [6.07, 6.45) is 0. The molecule has 5 heteroatoms. The molecule has 0 amide bonds. The van der Waals surface area contributed by atoms with Gasteiger partial charge in [0.1, 0.15) is 15.6 Å². The van der Waals surface area contributed by atoms with E-state index in [1.54, 1.807) is 19.1 Å². The van der Waals surface area contributed by atoms with Crippen molar-refractivity contribution in [3.63, 3.8) is 0 Å². The second-order valence-electron chi connectivity index (χ2n) is 3.15. The summed E-state index contributed by atoms with van der Waals surface area (Å²) in [6.45, 7) is 2.09. The number of fused-ring (bicyclic) bond motifs is 1. The third-order valence-corrected chi connectivity index (χ3v) is 3.73. The number of phenols is 1. The van der Waals surface area contributed by atoms with Gasteiger partial charge in [-0.1, -0.05) is 11.6 Å². The fraction of sp³-hybridized carbons (Fsp3) is 0.182. The highest BCUT2D eigenvalue weighted by molar-refractivity contribution is 7.21. The standard InChI is InChI=1S/C11H9ClO3S/c1-2-15-11(14)8-5-6-3-4-7(13)9(12)10(6)16-8/h3-5,13H,2H2,1H3. The van der Waals surface area contributed by atoms with Gasteiger partial charge in [-0.05, 0) is 30.5 Å². The van der Waals surface area contributed by atoms with E-state index in [1.165, 1.54) is 17.4 Å². The molecule has 0 unspecified atom stereocenters. The van der Waals surface area contributed by atoms with Crippen molar-refractivity contribution in [3.05, 3.63) is 28.1 Å². The fourth-order valence-corrected chi connectivity index (χ4v) is 2.64. The number of rotatable bonds is 2. The molecule has 0 aliphatic carbocycles. The van der Waals surface area contributed by atoms with Crippen molar-refractivity contribution in [2.45, 2.75) is 6.92 Å². The van der Waals surface area contributed by atoms with Gasteiger partial charge in [-0.2, -0.15) is 0 Å². The summed E-state index contributed by atoms with van der Waals surface area (Å²) in [5, 5.41) is 10.5. The van der Waals surface area contributed by atoms with Crippen molar-refractivity contribution in [1.82, 2.24) is 0 Å². The Balaban J connectivity index is 2.52. The number of hydrogen-bond acceptors (Lipinski definition) is 4. The van der Waals surface area contributed by atoms with Crippen molar-refractivity contribution in [2.75, 3.05) is 6.61 Å². The van der Waals surface area contributed by atoms with Crippen LogP contribution in [0.4, 0.5) is 0 Å². The molecule has 0 fully saturated rings. The van der Waals surface area contributed by atoms with Gasteiger partial charge < -0.3 is 9.84 Å². The quantitative estimate of drug-likeness (QED) is 0.838. The van der Waals surface area contributed by atoms with Crippen molar-refractivity contribution < 1.29 is 14.6 Å². The molecule has 0 atom stereocenters. The maximum atomic E-state index is 11.5. The molecular formula is C11H9ClO3S. The van der Waals surface area contributed by atoms with Crippen LogP contribution in [0.15, 0.2) is 18.2 Å². The Morgan fingerprint density at radius 1 is 1.56 bits per heavy atom. The molecule has 0 aliphatic rings. The number of ether oxygens (including phenoxy) is 1. The van der Waals surface area contributed by atoms with Crippen LogP contribution in [-0.4, -0.2) is 17.7 Å². The summed E-state index contributed by atoms with van der Waals surface area (Å²) >= 11 is 7.15. The van der Waals surface area contributed by atoms with Crippen LogP contribution in [-0.2, 0) is 4.74 Å². The fourth-order valence-electron chi connectivity index (χ4n) is 1.36. The lowest BCUT2D eigenvalue weighted by Crippen LogP contribution is -2.01. The Morgan fingerprint density at radius 2 is 2.31 bits per heavy atom. The number of aromatic hydroxyl groups is 1. The third kappa shape index (κ3) is 1.86. The van der Waals surface area contributed by atoms with E-state index in [-0.39, 0.29) is 16.7 Å². The van der Waals surface area contributed by atoms with Crippen molar-refractivity contribution in [3.8, 4) is 5.75 Å². The molecule has 1 aromatic heterocycles. The van der Waals surface area contributed by atoms with E-state index in [0.717, 1.165) is 5.39 Å². The Kier molecular flexibility index (Phi) is 3.03. The molecule has 1 heterocycles. The highest BCUT2D eigenvalue weighted by Gasteiger charge is 2.14. The molecule has 1 aromatic carbocycles. The topological polar surface area (TPSA) is 46.5 Å². The monoisotopic (exact) mass is 256 g/mol. The number of hydrogen-bond donors (Lipinski definition) is 1. The molecule has 0 aliphatic heterocycles. The number of carbonyl (C=O) groups is 1. The zero-order valence-electron chi connectivity index (χ0n) is 8.49. The van der Waals surface area contributed by atoms with Gasteiger partial charge >= 0.3 is 5.97 Å². The summed E-state index contributed by atoms with van der Waals surface area (Å²) in [6, 6.07) is 4.94. The maximum Gasteiger partial charge on any atom is 0.348 e. The molecule has 2 rings (SSSR count). The highest BCUT2D eigenvalue weighted by Crippen LogP contribution is 2.37. The second kappa shape index (κ2) is 4.31. The Labute approximate surface area is 101 Å². The van der Waals surface area contributed by atoms with Gasteiger partial charge in [-0.25, -0.2) is 4.79 Å². The van der Waals surface area contributed by atoms with E-state index >= 15 is 0 Å². The average molecular weight is 257 g/mol. The number of halogens is 1. The molecular weight excluding hydrogens is 248 g/mol. The van der Waals surface area contributed by atoms with Gasteiger partial charge in [-0.3, -0.25) is 0 Å². The maximum absolute atomic E-state index is 11.5. The molecule has 0 radical (unpaired) electrons. The summed E-state index contributed by atoms with van der Waals surface area (Å²) in [5.74, 6) is -0.342. The van der Waals surface area contributed by atoms with E-state index in [0.29, 0.717) is 16.2 Å². The zero-order chi connectivity index (χ0) is 11.7. The Hall–Kier alpha value is -1.26. The average Bonchev–Trinajstić information content (AvgIpc) is 2.69. The molecule has 0 bridgehead atoms. The van der Waals surface area contributed by atoms with Crippen LogP contribution in [0, 0.1) is 0 Å². The first kappa shape index (κ1) is 11.2. The first-order chi connectivity index (χ1) is 7.63. The van der Waals surface area contributed by atoms with Crippen molar-refractivity contribution >= 4 is 39.0 Å². The van der Waals surface area contributed by atoms with E-state index < -0.39 is 0 Å². The molecule has 16 heavy (non-hydrogen) atoms. The number of phenolic OH excluding ortho intramolecular Hbond substituents is 1. The largest absolute Gasteiger partial charge is 0.506 e. The predicted octanol–water partition coefficient (Wildman–Crippen LogP) is 3.44. The molecule has 1 N–H and O–H groups in total. The smallest absolute Gasteiger partial charge is 0.348 e. The minimum Gasteiger partial charge on any atom is -0.506 e. The lowest BCUT2D eigenvalue weighted by molar-refractivity contribution is 0.0532. The lowest BCUT2D eigenvalue weighted by Gasteiger charge is -1.96. The van der Waals surface area contributed by atoms with Crippen LogP contribution in [0.3, 0.4) is 0 Å². The SMILES string of the molecule is CCOC(=O)c1cc2ccc(O)c(Cl)c2s1. The molecule has 0 spiro atoms. The zero-order valence-corrected chi connectivity index (χ0v) is 10.1. The van der Waals surface area contributed by atoms with Crippen LogP contribution < -0.4 is 0 Å². The van der Waals surface area contributed by atoms with Gasteiger partial charge in [0.15, 0.2) is 0 Å². The highest BCUT2D eigenvalue weighted by atomic mass is 35.5. The van der Waals surface area contributed by atoms with E-state index in [9.17, 15) is 9.90 Å². The van der Waals surface area contributed by atoms with E-state index in [2.05, 4.69) is 0 Å². The lowest BCUT2D eigenvalue weighted by atomic mass is 10.2. The normalized spacial score (nSPS) is 10.6. The van der Waals surface area contributed by atoms with Crippen LogP contribution in [0.25, 0.3) is 10.1 Å². The summed E-state index contributed by atoms with van der Waals surface area (Å²) in [4.78, 5) is 12.0. The van der Waals surface area contributed by atoms with Gasteiger partial charge in [0, 0.05) is 0 Å². The molecule has 0 saturated heterocycles. The molecule has 0 saturated carbocycles. The Bertz CT molecular complexity index is 547. The van der Waals surface area contributed by atoms with Crippen LogP contribution >= 0.6 is 22.9 Å². The number of benzene rings is 1. The predicted molar refractivity (Wildman–Crippen MR) is 64.5 cm³/mol. The molecule has 2 aromatic rings. The number of carbonyl (C=O) groups excluding carboxylic acids is 1. The van der Waals surface area contributed by atoms with E-state index in [4.69, 9.17) is 16.3 Å². The van der Waals surface area contributed by atoms with Crippen LogP contribution in [0.2, 0.25) is 5.02 Å². The minimum atomic E-state index is -0.362. The van der Waals surface area contributed by atoms with Crippen molar-refractivity contribution in [1.29, 1.82) is 0 Å². The second-order valence-corrected chi connectivity index (χ2v) is 4.58. The minimum absolute atomic E-state index is 0.0198. The Morgan fingerprint density at radius 3 is 3.00 bits per heavy atom. The third-order valence-electron chi connectivity index (χ3n) is 2.08. The van der Waals surface area contributed by atoms with Crippen molar-refractivity contribution in [2.24, 2.45) is 0 Å². The summed E-state index contributed by atoms with van der Waals surface area (Å²) < 4.78 is 5.59. The molecule has 3 nitrogen and oxygen atoms in total. The first-order valence-electron chi connectivity index (χ1n) is 4.71. The molecule has 84 valence electrons. The van der Waals surface area contributed by atoms with E-state index in [1.807, 2.05) is 0 Å².